The maximum atomic E-state index is 6.12. The molecule has 0 amide bonds. The summed E-state index contributed by atoms with van der Waals surface area (Å²) < 4.78 is 7.22. The SMILES string of the molecule is CCCNCC(OCc1ccccc1)c1ccc(Br)cc1. The van der Waals surface area contributed by atoms with Gasteiger partial charge in [-0.3, -0.25) is 0 Å². The largest absolute Gasteiger partial charge is 0.368 e. The van der Waals surface area contributed by atoms with Crippen molar-refractivity contribution in [2.45, 2.75) is 26.1 Å². The van der Waals surface area contributed by atoms with Gasteiger partial charge in [0, 0.05) is 11.0 Å². The Balaban J connectivity index is 1.99. The number of hydrogen-bond acceptors (Lipinski definition) is 2. The van der Waals surface area contributed by atoms with Gasteiger partial charge in [-0.25, -0.2) is 0 Å². The number of nitrogens with one attached hydrogen (secondary N) is 1. The van der Waals surface area contributed by atoms with Crippen LogP contribution in [0.3, 0.4) is 0 Å². The van der Waals surface area contributed by atoms with Crippen LogP contribution in [0.4, 0.5) is 0 Å². The third kappa shape index (κ3) is 5.62. The first-order valence-corrected chi connectivity index (χ1v) is 8.20. The predicted molar refractivity (Wildman–Crippen MR) is 91.3 cm³/mol. The van der Waals surface area contributed by atoms with Crippen molar-refractivity contribution in [1.82, 2.24) is 5.32 Å². The van der Waals surface area contributed by atoms with Crippen LogP contribution in [-0.2, 0) is 11.3 Å². The number of ether oxygens (including phenoxy) is 1. The third-order valence-corrected chi connectivity index (χ3v) is 3.82. The molecule has 21 heavy (non-hydrogen) atoms. The summed E-state index contributed by atoms with van der Waals surface area (Å²) in [6.45, 7) is 4.66. The van der Waals surface area contributed by atoms with E-state index in [0.29, 0.717) is 6.61 Å². The van der Waals surface area contributed by atoms with Crippen molar-refractivity contribution < 1.29 is 4.74 Å². The monoisotopic (exact) mass is 347 g/mol. The lowest BCUT2D eigenvalue weighted by atomic mass is 10.1. The molecule has 0 aliphatic heterocycles. The van der Waals surface area contributed by atoms with E-state index in [4.69, 9.17) is 4.74 Å². The number of benzene rings is 2. The van der Waals surface area contributed by atoms with E-state index in [1.807, 2.05) is 18.2 Å². The van der Waals surface area contributed by atoms with Crippen LogP contribution in [0.15, 0.2) is 59.1 Å². The van der Waals surface area contributed by atoms with Crippen LogP contribution in [-0.4, -0.2) is 13.1 Å². The van der Waals surface area contributed by atoms with Gasteiger partial charge in [-0.05, 0) is 36.2 Å². The summed E-state index contributed by atoms with van der Waals surface area (Å²) in [6.07, 6.45) is 1.20. The van der Waals surface area contributed by atoms with Crippen molar-refractivity contribution in [3.05, 3.63) is 70.2 Å². The van der Waals surface area contributed by atoms with Crippen LogP contribution < -0.4 is 5.32 Å². The molecular weight excluding hydrogens is 326 g/mol. The summed E-state index contributed by atoms with van der Waals surface area (Å²) in [6, 6.07) is 18.7. The van der Waals surface area contributed by atoms with Gasteiger partial charge < -0.3 is 10.1 Å². The van der Waals surface area contributed by atoms with E-state index in [1.165, 1.54) is 11.1 Å². The highest BCUT2D eigenvalue weighted by atomic mass is 79.9. The smallest absolute Gasteiger partial charge is 0.0953 e. The molecule has 0 bridgehead atoms. The minimum absolute atomic E-state index is 0.0739. The molecule has 0 radical (unpaired) electrons. The van der Waals surface area contributed by atoms with Crippen LogP contribution in [0.5, 0.6) is 0 Å². The zero-order valence-corrected chi connectivity index (χ0v) is 14.0. The second kappa shape index (κ2) is 8.98. The van der Waals surface area contributed by atoms with E-state index in [2.05, 4.69) is 64.6 Å². The minimum Gasteiger partial charge on any atom is -0.368 e. The molecule has 3 heteroatoms. The average molecular weight is 348 g/mol. The van der Waals surface area contributed by atoms with Gasteiger partial charge in [0.15, 0.2) is 0 Å². The third-order valence-electron chi connectivity index (χ3n) is 3.29. The summed E-state index contributed by atoms with van der Waals surface area (Å²) in [4.78, 5) is 0. The molecule has 0 saturated carbocycles. The second-order valence-corrected chi connectivity index (χ2v) is 5.96. The van der Waals surface area contributed by atoms with Gasteiger partial charge in [0.1, 0.15) is 0 Å². The first-order valence-electron chi connectivity index (χ1n) is 7.41. The zero-order valence-electron chi connectivity index (χ0n) is 12.4. The summed E-state index contributed by atoms with van der Waals surface area (Å²) in [5.74, 6) is 0. The Morgan fingerprint density at radius 1 is 1.05 bits per heavy atom. The molecule has 0 heterocycles. The van der Waals surface area contributed by atoms with Gasteiger partial charge >= 0.3 is 0 Å². The Bertz CT molecular complexity index is 513. The molecule has 0 fully saturated rings. The van der Waals surface area contributed by atoms with E-state index in [-0.39, 0.29) is 6.10 Å². The van der Waals surface area contributed by atoms with Crippen LogP contribution in [0.2, 0.25) is 0 Å². The second-order valence-electron chi connectivity index (χ2n) is 5.04. The van der Waals surface area contributed by atoms with Crippen LogP contribution in [0.25, 0.3) is 0 Å². The molecule has 2 aromatic carbocycles. The van der Waals surface area contributed by atoms with E-state index in [9.17, 15) is 0 Å². The molecule has 112 valence electrons. The Kier molecular flexibility index (Phi) is 6.93. The topological polar surface area (TPSA) is 21.3 Å². The van der Waals surface area contributed by atoms with Gasteiger partial charge in [0.05, 0.1) is 12.7 Å². The molecule has 0 aromatic heterocycles. The minimum atomic E-state index is 0.0739. The predicted octanol–water partition coefficient (Wildman–Crippen LogP) is 4.71. The number of rotatable bonds is 8. The molecule has 0 aliphatic carbocycles. The van der Waals surface area contributed by atoms with Crippen molar-refractivity contribution >= 4 is 15.9 Å². The molecule has 0 saturated heterocycles. The summed E-state index contributed by atoms with van der Waals surface area (Å²) >= 11 is 3.48. The molecule has 0 aliphatic rings. The maximum absolute atomic E-state index is 6.12. The van der Waals surface area contributed by atoms with E-state index in [0.717, 1.165) is 24.0 Å². The Labute approximate surface area is 135 Å². The quantitative estimate of drug-likeness (QED) is 0.698. The van der Waals surface area contributed by atoms with Crippen molar-refractivity contribution in [3.63, 3.8) is 0 Å². The highest BCUT2D eigenvalue weighted by Gasteiger charge is 2.11. The van der Waals surface area contributed by atoms with Crippen LogP contribution in [0.1, 0.15) is 30.6 Å². The van der Waals surface area contributed by atoms with Crippen molar-refractivity contribution in [2.75, 3.05) is 13.1 Å². The lowest BCUT2D eigenvalue weighted by molar-refractivity contribution is 0.0399. The maximum Gasteiger partial charge on any atom is 0.0953 e. The molecular formula is C18H22BrNO. The number of halogens is 1. The Hall–Kier alpha value is -1.16. The fraction of sp³-hybridized carbons (Fsp3) is 0.333. The van der Waals surface area contributed by atoms with Crippen molar-refractivity contribution in [3.8, 4) is 0 Å². The summed E-state index contributed by atoms with van der Waals surface area (Å²) in [5, 5.41) is 3.45. The Morgan fingerprint density at radius 3 is 2.43 bits per heavy atom. The standard InChI is InChI=1S/C18H22BrNO/c1-2-12-20-13-18(16-8-10-17(19)11-9-16)21-14-15-6-4-3-5-7-15/h3-11,18,20H,2,12-14H2,1H3. The molecule has 2 aromatic rings. The lowest BCUT2D eigenvalue weighted by Crippen LogP contribution is -2.24. The molecule has 1 N–H and O–H groups in total. The van der Waals surface area contributed by atoms with E-state index >= 15 is 0 Å². The zero-order chi connectivity index (χ0) is 14.9. The number of hydrogen-bond donors (Lipinski definition) is 1. The first kappa shape index (κ1) is 16.2. The van der Waals surface area contributed by atoms with Crippen LogP contribution >= 0.6 is 15.9 Å². The highest BCUT2D eigenvalue weighted by molar-refractivity contribution is 9.10. The first-order chi connectivity index (χ1) is 10.3. The fourth-order valence-electron chi connectivity index (χ4n) is 2.13. The molecule has 2 rings (SSSR count). The lowest BCUT2D eigenvalue weighted by Gasteiger charge is -2.19. The molecule has 2 nitrogen and oxygen atoms in total. The van der Waals surface area contributed by atoms with Gasteiger partial charge in [0.25, 0.3) is 0 Å². The van der Waals surface area contributed by atoms with Gasteiger partial charge in [-0.2, -0.15) is 0 Å². The average Bonchev–Trinajstić information content (AvgIpc) is 2.53. The van der Waals surface area contributed by atoms with Gasteiger partial charge in [-0.15, -0.1) is 0 Å². The van der Waals surface area contributed by atoms with Gasteiger partial charge in [0.2, 0.25) is 0 Å². The fourth-order valence-corrected chi connectivity index (χ4v) is 2.40. The molecule has 1 unspecified atom stereocenters. The summed E-state index contributed by atoms with van der Waals surface area (Å²) in [7, 11) is 0. The van der Waals surface area contributed by atoms with E-state index < -0.39 is 0 Å². The summed E-state index contributed by atoms with van der Waals surface area (Å²) in [5.41, 5.74) is 2.41. The van der Waals surface area contributed by atoms with Crippen molar-refractivity contribution in [2.24, 2.45) is 0 Å². The highest BCUT2D eigenvalue weighted by Crippen LogP contribution is 2.21. The normalized spacial score (nSPS) is 12.3. The van der Waals surface area contributed by atoms with Crippen molar-refractivity contribution in [1.29, 1.82) is 0 Å². The van der Waals surface area contributed by atoms with Crippen LogP contribution in [0, 0.1) is 0 Å². The van der Waals surface area contributed by atoms with E-state index in [1.54, 1.807) is 0 Å². The molecule has 0 spiro atoms. The Morgan fingerprint density at radius 2 is 1.76 bits per heavy atom. The molecule has 1 atom stereocenters. The van der Waals surface area contributed by atoms with Gasteiger partial charge in [-0.1, -0.05) is 65.3 Å².